The molecule has 5 N–H and O–H groups in total. The molecule has 7 nitrogen and oxygen atoms in total. The van der Waals surface area contributed by atoms with E-state index in [0.29, 0.717) is 24.6 Å². The number of carbonyl (C=O) groups excluding carboxylic acids is 2. The Kier molecular flexibility index (Phi) is 11.9. The Hall–Kier alpha value is -2.34. The van der Waals surface area contributed by atoms with Crippen molar-refractivity contribution in [2.75, 3.05) is 19.8 Å². The lowest BCUT2D eigenvalue weighted by Crippen LogP contribution is -2.36. The first kappa shape index (κ1) is 26.7. The molecule has 0 fully saturated rings. The SMILES string of the molecule is CN=C(NCc1ccc(C(=O)NCC(N)=O)cc1)NCc1ccc(F)cc1CSC.I. The lowest BCUT2D eigenvalue weighted by Gasteiger charge is -2.14. The van der Waals surface area contributed by atoms with Crippen molar-refractivity contribution in [3.05, 3.63) is 70.5 Å². The number of primary amides is 1. The van der Waals surface area contributed by atoms with Crippen molar-refractivity contribution in [1.82, 2.24) is 16.0 Å². The maximum atomic E-state index is 13.5. The smallest absolute Gasteiger partial charge is 0.251 e. The van der Waals surface area contributed by atoms with E-state index < -0.39 is 5.91 Å². The quantitative estimate of drug-likeness (QED) is 0.215. The van der Waals surface area contributed by atoms with Gasteiger partial charge in [-0.15, -0.1) is 24.0 Å². The van der Waals surface area contributed by atoms with E-state index in [4.69, 9.17) is 5.73 Å². The van der Waals surface area contributed by atoms with Crippen LogP contribution in [0.5, 0.6) is 0 Å². The van der Waals surface area contributed by atoms with Crippen LogP contribution in [0.15, 0.2) is 47.5 Å². The molecule has 0 radical (unpaired) electrons. The van der Waals surface area contributed by atoms with Crippen molar-refractivity contribution >= 4 is 53.5 Å². The van der Waals surface area contributed by atoms with Crippen LogP contribution in [0.4, 0.5) is 4.39 Å². The fourth-order valence-corrected chi connectivity index (χ4v) is 3.27. The number of thioether (sulfide) groups is 1. The molecule has 0 bridgehead atoms. The number of rotatable bonds is 9. The Balaban J connectivity index is 0.00000480. The standard InChI is InChI=1S/C21H26FN5O2S.HI/c1-24-21(27-11-16-7-8-18(22)9-17(16)13-30-2)26-10-14-3-5-15(6-4-14)20(29)25-12-19(23)28;/h3-9H,10-13H2,1-2H3,(H2,23,28)(H,25,29)(H2,24,26,27);1H. The van der Waals surface area contributed by atoms with E-state index in [-0.39, 0.29) is 42.2 Å². The molecule has 0 aliphatic heterocycles. The van der Waals surface area contributed by atoms with Crippen LogP contribution in [0.25, 0.3) is 0 Å². The third-order valence-corrected chi connectivity index (χ3v) is 4.84. The summed E-state index contributed by atoms with van der Waals surface area (Å²) < 4.78 is 13.5. The number of nitrogens with two attached hydrogens (primary N) is 1. The van der Waals surface area contributed by atoms with Crippen LogP contribution in [-0.4, -0.2) is 37.6 Å². The first-order valence-corrected chi connectivity index (χ1v) is 10.7. The van der Waals surface area contributed by atoms with Crippen molar-refractivity contribution in [3.8, 4) is 0 Å². The number of hydrogen-bond donors (Lipinski definition) is 4. The number of nitrogens with zero attached hydrogens (tertiary/aromatic N) is 1. The van der Waals surface area contributed by atoms with Gasteiger partial charge in [0.1, 0.15) is 5.82 Å². The van der Waals surface area contributed by atoms with Gasteiger partial charge in [-0.05, 0) is 47.2 Å². The van der Waals surface area contributed by atoms with Gasteiger partial charge in [-0.25, -0.2) is 4.39 Å². The summed E-state index contributed by atoms with van der Waals surface area (Å²) in [5.41, 5.74) is 8.38. The number of amides is 2. The zero-order valence-corrected chi connectivity index (χ0v) is 20.6. The van der Waals surface area contributed by atoms with Crippen LogP contribution < -0.4 is 21.7 Å². The van der Waals surface area contributed by atoms with Gasteiger partial charge in [0.2, 0.25) is 5.91 Å². The molecule has 0 spiro atoms. The summed E-state index contributed by atoms with van der Waals surface area (Å²) in [5, 5.41) is 8.88. The second-order valence-electron chi connectivity index (χ2n) is 6.47. The van der Waals surface area contributed by atoms with Crippen LogP contribution >= 0.6 is 35.7 Å². The number of carbonyl (C=O) groups is 2. The van der Waals surface area contributed by atoms with E-state index in [1.54, 1.807) is 43.1 Å². The molecule has 168 valence electrons. The summed E-state index contributed by atoms with van der Waals surface area (Å²) in [4.78, 5) is 26.8. The van der Waals surface area contributed by atoms with Crippen LogP contribution in [0, 0.1) is 5.82 Å². The summed E-state index contributed by atoms with van der Waals surface area (Å²) >= 11 is 1.64. The zero-order valence-electron chi connectivity index (χ0n) is 17.4. The maximum absolute atomic E-state index is 13.5. The van der Waals surface area contributed by atoms with Gasteiger partial charge < -0.3 is 21.7 Å². The Labute approximate surface area is 202 Å². The third kappa shape index (κ3) is 9.13. The molecule has 0 heterocycles. The molecular weight excluding hydrogens is 532 g/mol. The summed E-state index contributed by atoms with van der Waals surface area (Å²) in [6, 6.07) is 11.8. The van der Waals surface area contributed by atoms with Gasteiger partial charge in [0.25, 0.3) is 5.91 Å². The van der Waals surface area contributed by atoms with E-state index in [9.17, 15) is 14.0 Å². The molecule has 0 aliphatic carbocycles. The van der Waals surface area contributed by atoms with Crippen molar-refractivity contribution < 1.29 is 14.0 Å². The van der Waals surface area contributed by atoms with Crippen molar-refractivity contribution in [3.63, 3.8) is 0 Å². The van der Waals surface area contributed by atoms with Crippen LogP contribution in [0.1, 0.15) is 27.0 Å². The molecule has 0 atom stereocenters. The monoisotopic (exact) mass is 559 g/mol. The molecule has 0 saturated carbocycles. The van der Waals surface area contributed by atoms with E-state index in [2.05, 4.69) is 20.9 Å². The van der Waals surface area contributed by atoms with E-state index in [1.165, 1.54) is 6.07 Å². The topological polar surface area (TPSA) is 109 Å². The molecule has 2 amide bonds. The number of halogens is 2. The van der Waals surface area contributed by atoms with Gasteiger partial charge in [-0.1, -0.05) is 18.2 Å². The van der Waals surface area contributed by atoms with E-state index in [0.717, 1.165) is 22.4 Å². The lowest BCUT2D eigenvalue weighted by atomic mass is 10.1. The lowest BCUT2D eigenvalue weighted by molar-refractivity contribution is -0.117. The molecular formula is C21H27FIN5O2S. The van der Waals surface area contributed by atoms with Gasteiger partial charge in [0.05, 0.1) is 6.54 Å². The molecule has 31 heavy (non-hydrogen) atoms. The first-order valence-electron chi connectivity index (χ1n) is 9.29. The molecule has 2 aromatic rings. The highest BCUT2D eigenvalue weighted by molar-refractivity contribution is 14.0. The summed E-state index contributed by atoms with van der Waals surface area (Å²) in [6.07, 6.45) is 1.98. The fraction of sp³-hybridized carbons (Fsp3) is 0.286. The maximum Gasteiger partial charge on any atom is 0.251 e. The average molecular weight is 559 g/mol. The van der Waals surface area contributed by atoms with Gasteiger partial charge in [-0.2, -0.15) is 11.8 Å². The zero-order chi connectivity index (χ0) is 21.9. The number of aliphatic imine (C=N–C) groups is 1. The molecule has 0 aliphatic rings. The number of guanidine groups is 1. The highest BCUT2D eigenvalue weighted by Crippen LogP contribution is 2.16. The molecule has 0 unspecified atom stereocenters. The summed E-state index contributed by atoms with van der Waals surface area (Å²) in [5.74, 6) is 0.158. The predicted octanol–water partition coefficient (Wildman–Crippen LogP) is 2.39. The average Bonchev–Trinajstić information content (AvgIpc) is 2.74. The molecule has 2 rings (SSSR count). The Morgan fingerprint density at radius 2 is 1.71 bits per heavy atom. The van der Waals surface area contributed by atoms with E-state index >= 15 is 0 Å². The highest BCUT2D eigenvalue weighted by Gasteiger charge is 2.08. The second kappa shape index (κ2) is 13.9. The summed E-state index contributed by atoms with van der Waals surface area (Å²) in [6.45, 7) is 0.829. The first-order chi connectivity index (χ1) is 14.4. The van der Waals surface area contributed by atoms with Gasteiger partial charge in [0.15, 0.2) is 5.96 Å². The minimum absolute atomic E-state index is 0. The predicted molar refractivity (Wildman–Crippen MR) is 134 cm³/mol. The fourth-order valence-electron chi connectivity index (χ4n) is 2.69. The number of benzene rings is 2. The van der Waals surface area contributed by atoms with Crippen molar-refractivity contribution in [1.29, 1.82) is 0 Å². The van der Waals surface area contributed by atoms with E-state index in [1.807, 2.05) is 18.4 Å². The minimum Gasteiger partial charge on any atom is -0.368 e. The van der Waals surface area contributed by atoms with Gasteiger partial charge >= 0.3 is 0 Å². The van der Waals surface area contributed by atoms with Gasteiger partial charge in [0, 0.05) is 31.5 Å². The van der Waals surface area contributed by atoms with Crippen LogP contribution in [0.2, 0.25) is 0 Å². The minimum atomic E-state index is -0.593. The molecule has 10 heteroatoms. The third-order valence-electron chi connectivity index (χ3n) is 4.24. The van der Waals surface area contributed by atoms with Gasteiger partial charge in [-0.3, -0.25) is 14.6 Å². The second-order valence-corrected chi connectivity index (χ2v) is 7.34. The highest BCUT2D eigenvalue weighted by atomic mass is 127. The van der Waals surface area contributed by atoms with Crippen LogP contribution in [-0.2, 0) is 23.6 Å². The normalized spacial score (nSPS) is 10.7. The number of hydrogen-bond acceptors (Lipinski definition) is 4. The van der Waals surface area contributed by atoms with Crippen molar-refractivity contribution in [2.45, 2.75) is 18.8 Å². The molecule has 0 aromatic heterocycles. The number of nitrogens with one attached hydrogen (secondary N) is 3. The van der Waals surface area contributed by atoms with Crippen molar-refractivity contribution in [2.24, 2.45) is 10.7 Å². The summed E-state index contributed by atoms with van der Waals surface area (Å²) in [7, 11) is 1.68. The largest absolute Gasteiger partial charge is 0.368 e. The molecule has 0 saturated heterocycles. The Morgan fingerprint density at radius 1 is 1.03 bits per heavy atom. The molecule has 2 aromatic carbocycles. The van der Waals surface area contributed by atoms with Crippen LogP contribution in [0.3, 0.4) is 0 Å². The Bertz CT molecular complexity index is 909. The Morgan fingerprint density at radius 3 is 2.32 bits per heavy atom.